The third kappa shape index (κ3) is 20.4. The van der Waals surface area contributed by atoms with Crippen LogP contribution in [0.15, 0.2) is 12.2 Å². The maximum Gasteiger partial charge on any atom is 0.327 e. The van der Waals surface area contributed by atoms with E-state index in [4.69, 9.17) is 24.8 Å². The van der Waals surface area contributed by atoms with Crippen molar-refractivity contribution in [1.82, 2.24) is 0 Å². The second-order valence-corrected chi connectivity index (χ2v) is 2.94. The van der Waals surface area contributed by atoms with Gasteiger partial charge in [0.25, 0.3) is 0 Å². The predicted molar refractivity (Wildman–Crippen MR) is 64.2 cm³/mol. The summed E-state index contributed by atoms with van der Waals surface area (Å²) in [7, 11) is 1.40. The van der Waals surface area contributed by atoms with E-state index in [1.54, 1.807) is 6.92 Å². The first kappa shape index (κ1) is 19.4. The van der Waals surface area contributed by atoms with Gasteiger partial charge in [0.05, 0.1) is 33.0 Å². The fourth-order valence-electron chi connectivity index (χ4n) is 0.679. The van der Waals surface area contributed by atoms with Gasteiger partial charge in [-0.05, 0) is 6.92 Å². The zero-order valence-corrected chi connectivity index (χ0v) is 10.7. The van der Waals surface area contributed by atoms with Gasteiger partial charge in [0.2, 0.25) is 0 Å². The third-order valence-corrected chi connectivity index (χ3v) is 1.45. The van der Waals surface area contributed by atoms with E-state index in [0.717, 1.165) is 6.08 Å². The highest BCUT2D eigenvalue weighted by molar-refractivity contribution is 5.79. The van der Waals surface area contributed by atoms with Crippen LogP contribution in [0.25, 0.3) is 0 Å². The van der Waals surface area contributed by atoms with Crippen LogP contribution in [0.2, 0.25) is 0 Å². The minimum absolute atomic E-state index is 0.0146. The number of aliphatic carboxylic acids is 1. The fourth-order valence-corrected chi connectivity index (χ4v) is 0.679. The Morgan fingerprint density at radius 1 is 1.28 bits per heavy atom. The van der Waals surface area contributed by atoms with Crippen LogP contribution in [0.4, 0.5) is 0 Å². The first-order valence-electron chi connectivity index (χ1n) is 5.41. The number of carboxylic acid groups (broad SMARTS) is 1. The predicted octanol–water partition coefficient (Wildman–Crippen LogP) is -0.376. The molecule has 0 radical (unpaired) electrons. The van der Waals surface area contributed by atoms with E-state index in [1.807, 2.05) is 0 Å². The van der Waals surface area contributed by atoms with Crippen molar-refractivity contribution in [2.24, 2.45) is 0 Å². The molecule has 0 rings (SSSR count). The molecule has 0 amide bonds. The van der Waals surface area contributed by atoms with Crippen molar-refractivity contribution < 1.29 is 34.3 Å². The van der Waals surface area contributed by atoms with Crippen molar-refractivity contribution >= 4 is 5.97 Å². The fraction of sp³-hybridized carbons (Fsp3) is 0.727. The lowest BCUT2D eigenvalue weighted by atomic mass is 10.5. The van der Waals surface area contributed by atoms with Crippen molar-refractivity contribution in [2.45, 2.75) is 13.2 Å². The molecule has 7 heteroatoms. The van der Waals surface area contributed by atoms with Crippen molar-refractivity contribution in [2.75, 3.05) is 40.1 Å². The number of hydrogen-bond donors (Lipinski definition) is 3. The number of aliphatic hydroxyl groups excluding tert-OH is 2. The quantitative estimate of drug-likeness (QED) is 0.297. The number of hydrogen-bond acceptors (Lipinski definition) is 6. The topological polar surface area (TPSA) is 105 Å². The van der Waals surface area contributed by atoms with Crippen LogP contribution in [0.3, 0.4) is 0 Å². The Morgan fingerprint density at radius 2 is 1.89 bits per heavy atom. The highest BCUT2D eigenvalue weighted by Gasteiger charge is 1.99. The summed E-state index contributed by atoms with van der Waals surface area (Å²) in [4.78, 5) is 9.51. The maximum absolute atomic E-state index is 9.51. The summed E-state index contributed by atoms with van der Waals surface area (Å²) in [5.74, 6) is -0.891. The average molecular weight is 266 g/mol. The molecule has 0 saturated carbocycles. The third-order valence-electron chi connectivity index (χ3n) is 1.45. The van der Waals surface area contributed by atoms with Crippen LogP contribution in [0.5, 0.6) is 0 Å². The number of methoxy groups -OCH3 is 1. The van der Waals surface area contributed by atoms with E-state index < -0.39 is 12.3 Å². The highest BCUT2D eigenvalue weighted by atomic mass is 16.6. The van der Waals surface area contributed by atoms with E-state index in [9.17, 15) is 4.79 Å². The summed E-state index contributed by atoms with van der Waals surface area (Å²) in [6.07, 6.45) is 1.69. The summed E-state index contributed by atoms with van der Waals surface area (Å²) in [6.45, 7) is 2.93. The molecule has 0 spiro atoms. The smallest absolute Gasteiger partial charge is 0.327 e. The Labute approximate surface area is 107 Å². The Balaban J connectivity index is 0. The lowest BCUT2D eigenvalue weighted by Gasteiger charge is -2.08. The molecule has 1 atom stereocenters. The van der Waals surface area contributed by atoms with E-state index in [2.05, 4.69) is 4.74 Å². The number of ether oxygens (including phenoxy) is 3. The number of rotatable bonds is 9. The largest absolute Gasteiger partial charge is 0.478 e. The van der Waals surface area contributed by atoms with E-state index in [-0.39, 0.29) is 13.2 Å². The molecule has 0 aromatic rings. The number of allylic oxidation sites excluding steroid dienone is 1. The van der Waals surface area contributed by atoms with Crippen LogP contribution in [0, 0.1) is 0 Å². The van der Waals surface area contributed by atoms with Gasteiger partial charge in [-0.25, -0.2) is 4.79 Å². The van der Waals surface area contributed by atoms with Crippen molar-refractivity contribution in [3.63, 3.8) is 0 Å². The Morgan fingerprint density at radius 3 is 2.28 bits per heavy atom. The van der Waals surface area contributed by atoms with Gasteiger partial charge in [-0.3, -0.25) is 0 Å². The molecule has 0 aliphatic carbocycles. The number of carboxylic acids is 1. The standard InChI is InChI=1S/C7H16O5.C4H6O2/c1-10-7(9)6-12-5-4-11-3-2-8;1-2-3-4(5)6/h7-9H,2-6H2,1H3;2-3H,1H3,(H,5,6). The Bertz CT molecular complexity index is 206. The van der Waals surface area contributed by atoms with Crippen LogP contribution in [-0.2, 0) is 19.0 Å². The molecule has 0 aliphatic heterocycles. The molecule has 0 aromatic carbocycles. The zero-order chi connectivity index (χ0) is 14.2. The zero-order valence-electron chi connectivity index (χ0n) is 10.7. The molecule has 0 saturated heterocycles. The lowest BCUT2D eigenvalue weighted by Crippen LogP contribution is -2.19. The Kier molecular flexibility index (Phi) is 17.2. The summed E-state index contributed by atoms with van der Waals surface area (Å²) in [6, 6.07) is 0. The number of aliphatic hydroxyl groups is 2. The Hall–Kier alpha value is -0.990. The SMILES string of the molecule is CC=CC(=O)O.COC(O)COCCOCCO. The molecule has 108 valence electrons. The average Bonchev–Trinajstić information content (AvgIpc) is 2.34. The molecule has 0 heterocycles. The molecule has 1 unspecified atom stereocenters. The first-order valence-corrected chi connectivity index (χ1v) is 5.41. The van der Waals surface area contributed by atoms with Gasteiger partial charge >= 0.3 is 5.97 Å². The second kappa shape index (κ2) is 16.0. The van der Waals surface area contributed by atoms with E-state index in [0.29, 0.717) is 19.8 Å². The normalized spacial score (nSPS) is 12.0. The van der Waals surface area contributed by atoms with Crippen molar-refractivity contribution in [3.8, 4) is 0 Å². The van der Waals surface area contributed by atoms with Gasteiger partial charge < -0.3 is 29.5 Å². The molecule has 0 aliphatic rings. The lowest BCUT2D eigenvalue weighted by molar-refractivity contribution is -0.131. The summed E-state index contributed by atoms with van der Waals surface area (Å²) in [5, 5.41) is 25.0. The summed E-state index contributed by atoms with van der Waals surface area (Å²) >= 11 is 0. The molecular weight excluding hydrogens is 244 g/mol. The monoisotopic (exact) mass is 266 g/mol. The second-order valence-electron chi connectivity index (χ2n) is 2.94. The molecular formula is C11H22O7. The van der Waals surface area contributed by atoms with Gasteiger partial charge in [-0.15, -0.1) is 0 Å². The minimum atomic E-state index is -0.891. The molecule has 0 bridgehead atoms. The number of carbonyl (C=O) groups is 1. The van der Waals surface area contributed by atoms with Gasteiger partial charge in [0.15, 0.2) is 6.29 Å². The van der Waals surface area contributed by atoms with E-state index >= 15 is 0 Å². The van der Waals surface area contributed by atoms with Crippen LogP contribution >= 0.6 is 0 Å². The van der Waals surface area contributed by atoms with E-state index in [1.165, 1.54) is 13.2 Å². The van der Waals surface area contributed by atoms with Gasteiger partial charge in [-0.1, -0.05) is 6.08 Å². The van der Waals surface area contributed by atoms with Crippen LogP contribution < -0.4 is 0 Å². The van der Waals surface area contributed by atoms with Crippen molar-refractivity contribution in [1.29, 1.82) is 0 Å². The maximum atomic E-state index is 9.51. The summed E-state index contributed by atoms with van der Waals surface area (Å²) < 4.78 is 14.4. The molecule has 0 fully saturated rings. The van der Waals surface area contributed by atoms with Crippen molar-refractivity contribution in [3.05, 3.63) is 12.2 Å². The molecule has 3 N–H and O–H groups in total. The first-order chi connectivity index (χ1) is 8.58. The van der Waals surface area contributed by atoms with Crippen LogP contribution in [-0.4, -0.2) is 67.7 Å². The van der Waals surface area contributed by atoms with Crippen LogP contribution in [0.1, 0.15) is 6.92 Å². The summed E-state index contributed by atoms with van der Waals surface area (Å²) in [5.41, 5.74) is 0. The van der Waals surface area contributed by atoms with Gasteiger partial charge in [-0.2, -0.15) is 0 Å². The van der Waals surface area contributed by atoms with Gasteiger partial charge in [0.1, 0.15) is 0 Å². The molecule has 7 nitrogen and oxygen atoms in total. The van der Waals surface area contributed by atoms with Gasteiger partial charge in [0, 0.05) is 13.2 Å². The minimum Gasteiger partial charge on any atom is -0.478 e. The highest BCUT2D eigenvalue weighted by Crippen LogP contribution is 1.85. The molecule has 18 heavy (non-hydrogen) atoms. The molecule has 0 aromatic heterocycles.